The summed E-state index contributed by atoms with van der Waals surface area (Å²) in [6.45, 7) is 3.69. The molecule has 0 aliphatic carbocycles. The van der Waals surface area contributed by atoms with Crippen molar-refractivity contribution in [2.45, 2.75) is 44.8 Å². The summed E-state index contributed by atoms with van der Waals surface area (Å²) in [4.78, 5) is 25.3. The Bertz CT molecular complexity index is 366. The van der Waals surface area contributed by atoms with Gasteiger partial charge in [-0.05, 0) is 32.4 Å². The number of hydrogen-bond donors (Lipinski definition) is 3. The molecule has 0 aromatic heterocycles. The number of carbonyl (C=O) groups is 2. The third-order valence-corrected chi connectivity index (χ3v) is 4.52. The van der Waals surface area contributed by atoms with Gasteiger partial charge in [-0.3, -0.25) is 4.79 Å². The molecule has 1 amide bonds. The number of nitrogens with zero attached hydrogens (tertiary/aromatic N) is 1. The summed E-state index contributed by atoms with van der Waals surface area (Å²) in [6.07, 6.45) is 1.61. The van der Waals surface area contributed by atoms with Crippen LogP contribution in [0.2, 0.25) is 0 Å². The standard InChI is InChI=1S/C13H22N2O4/c1-2-13(3-5-14-6-4-13)12(19)15-8-9(16)7-10(15)11(17)18/h9-10,14,16H,2-8H2,1H3,(H,17,18)/t9-,10-/m1/s1. The van der Waals surface area contributed by atoms with Gasteiger partial charge >= 0.3 is 5.97 Å². The van der Waals surface area contributed by atoms with E-state index in [1.807, 2.05) is 6.92 Å². The van der Waals surface area contributed by atoms with Crippen LogP contribution in [-0.2, 0) is 9.59 Å². The molecule has 0 radical (unpaired) electrons. The molecule has 0 unspecified atom stereocenters. The van der Waals surface area contributed by atoms with Crippen LogP contribution in [0.5, 0.6) is 0 Å². The number of piperidine rings is 1. The molecule has 108 valence electrons. The van der Waals surface area contributed by atoms with Crippen molar-refractivity contribution in [1.29, 1.82) is 0 Å². The van der Waals surface area contributed by atoms with Crippen LogP contribution in [0.4, 0.5) is 0 Å². The van der Waals surface area contributed by atoms with Gasteiger partial charge in [0.1, 0.15) is 6.04 Å². The molecular weight excluding hydrogens is 248 g/mol. The van der Waals surface area contributed by atoms with Crippen molar-refractivity contribution in [1.82, 2.24) is 10.2 Å². The first-order valence-corrected chi connectivity index (χ1v) is 6.93. The number of β-amino-alcohol motifs (C(OH)–C–C–N with tert-alkyl or cyclic N) is 1. The van der Waals surface area contributed by atoms with Gasteiger partial charge in [0.2, 0.25) is 5.91 Å². The highest BCUT2D eigenvalue weighted by Crippen LogP contribution is 2.37. The molecule has 6 nitrogen and oxygen atoms in total. The van der Waals surface area contributed by atoms with E-state index < -0.39 is 23.5 Å². The average Bonchev–Trinajstić information content (AvgIpc) is 2.81. The second kappa shape index (κ2) is 5.46. The van der Waals surface area contributed by atoms with E-state index in [-0.39, 0.29) is 18.9 Å². The maximum atomic E-state index is 12.7. The lowest BCUT2D eigenvalue weighted by Crippen LogP contribution is -2.52. The summed E-state index contributed by atoms with van der Waals surface area (Å²) in [5.41, 5.74) is -0.455. The van der Waals surface area contributed by atoms with E-state index in [0.717, 1.165) is 25.9 Å². The third kappa shape index (κ3) is 2.60. The molecule has 2 fully saturated rings. The van der Waals surface area contributed by atoms with Crippen LogP contribution in [0.25, 0.3) is 0 Å². The third-order valence-electron chi connectivity index (χ3n) is 4.52. The number of amides is 1. The molecule has 2 saturated heterocycles. The normalized spacial score (nSPS) is 30.3. The van der Waals surface area contributed by atoms with Crippen LogP contribution in [0.15, 0.2) is 0 Å². The largest absolute Gasteiger partial charge is 0.480 e. The number of carboxylic acids is 1. The highest BCUT2D eigenvalue weighted by molar-refractivity contribution is 5.88. The Morgan fingerprint density at radius 2 is 2.00 bits per heavy atom. The Labute approximate surface area is 112 Å². The summed E-state index contributed by atoms with van der Waals surface area (Å²) in [7, 11) is 0. The van der Waals surface area contributed by atoms with E-state index in [1.54, 1.807) is 0 Å². The number of nitrogens with one attached hydrogen (secondary N) is 1. The van der Waals surface area contributed by atoms with Gasteiger partial charge in [0, 0.05) is 13.0 Å². The van der Waals surface area contributed by atoms with E-state index in [0.29, 0.717) is 6.42 Å². The van der Waals surface area contributed by atoms with Gasteiger partial charge < -0.3 is 20.4 Å². The Morgan fingerprint density at radius 1 is 1.37 bits per heavy atom. The van der Waals surface area contributed by atoms with Crippen LogP contribution in [0, 0.1) is 5.41 Å². The smallest absolute Gasteiger partial charge is 0.326 e. The van der Waals surface area contributed by atoms with Gasteiger partial charge in [0.15, 0.2) is 0 Å². The molecule has 2 atom stereocenters. The minimum absolute atomic E-state index is 0.0968. The van der Waals surface area contributed by atoms with Gasteiger partial charge in [0.25, 0.3) is 0 Å². The Morgan fingerprint density at radius 3 is 2.53 bits per heavy atom. The molecule has 19 heavy (non-hydrogen) atoms. The number of aliphatic hydroxyl groups is 1. The number of rotatable bonds is 3. The predicted molar refractivity (Wildman–Crippen MR) is 68.6 cm³/mol. The fraction of sp³-hybridized carbons (Fsp3) is 0.846. The monoisotopic (exact) mass is 270 g/mol. The number of aliphatic hydroxyl groups excluding tert-OH is 1. The molecular formula is C13H22N2O4. The van der Waals surface area contributed by atoms with E-state index in [2.05, 4.69) is 5.32 Å². The zero-order valence-electron chi connectivity index (χ0n) is 11.3. The van der Waals surface area contributed by atoms with Gasteiger partial charge in [-0.2, -0.15) is 0 Å². The molecule has 2 aliphatic rings. The number of carboxylic acid groups (broad SMARTS) is 1. The van der Waals surface area contributed by atoms with Crippen molar-refractivity contribution >= 4 is 11.9 Å². The first-order chi connectivity index (χ1) is 9.00. The first-order valence-electron chi connectivity index (χ1n) is 6.93. The molecule has 6 heteroatoms. The van der Waals surface area contributed by atoms with Crippen molar-refractivity contribution in [2.24, 2.45) is 5.41 Å². The van der Waals surface area contributed by atoms with E-state index >= 15 is 0 Å². The van der Waals surface area contributed by atoms with Crippen molar-refractivity contribution in [3.05, 3.63) is 0 Å². The zero-order chi connectivity index (χ0) is 14.0. The second-order valence-electron chi connectivity index (χ2n) is 5.58. The summed E-state index contributed by atoms with van der Waals surface area (Å²) in [5, 5.41) is 22.1. The Kier molecular flexibility index (Phi) is 4.10. The van der Waals surface area contributed by atoms with Gasteiger partial charge in [0.05, 0.1) is 11.5 Å². The van der Waals surface area contributed by atoms with E-state index in [1.165, 1.54) is 4.90 Å². The summed E-state index contributed by atoms with van der Waals surface area (Å²) in [5.74, 6) is -1.12. The molecule has 3 N–H and O–H groups in total. The molecule has 0 bridgehead atoms. The topological polar surface area (TPSA) is 89.9 Å². The number of carbonyl (C=O) groups excluding carboxylic acids is 1. The minimum Gasteiger partial charge on any atom is -0.480 e. The van der Waals surface area contributed by atoms with Gasteiger partial charge in [-0.1, -0.05) is 6.92 Å². The summed E-state index contributed by atoms with van der Waals surface area (Å²) >= 11 is 0. The lowest BCUT2D eigenvalue weighted by Gasteiger charge is -2.39. The Balaban J connectivity index is 2.19. The van der Waals surface area contributed by atoms with E-state index in [9.17, 15) is 19.8 Å². The number of aliphatic carboxylic acids is 1. The maximum absolute atomic E-state index is 12.7. The average molecular weight is 270 g/mol. The molecule has 0 saturated carbocycles. The van der Waals surface area contributed by atoms with E-state index in [4.69, 9.17) is 0 Å². The minimum atomic E-state index is -1.02. The molecule has 0 aromatic carbocycles. The van der Waals surface area contributed by atoms with Crippen LogP contribution in [0.1, 0.15) is 32.6 Å². The fourth-order valence-corrected chi connectivity index (χ4v) is 3.20. The highest BCUT2D eigenvalue weighted by Gasteiger charge is 2.47. The van der Waals surface area contributed by atoms with Crippen molar-refractivity contribution < 1.29 is 19.8 Å². The van der Waals surface area contributed by atoms with Crippen LogP contribution in [-0.4, -0.2) is 58.8 Å². The fourth-order valence-electron chi connectivity index (χ4n) is 3.20. The number of hydrogen-bond acceptors (Lipinski definition) is 4. The molecule has 2 rings (SSSR count). The van der Waals surface area contributed by atoms with Crippen LogP contribution in [0.3, 0.4) is 0 Å². The highest BCUT2D eigenvalue weighted by atomic mass is 16.4. The molecule has 2 heterocycles. The van der Waals surface area contributed by atoms with Gasteiger partial charge in [-0.15, -0.1) is 0 Å². The zero-order valence-corrected chi connectivity index (χ0v) is 11.3. The quantitative estimate of drug-likeness (QED) is 0.661. The first kappa shape index (κ1) is 14.3. The number of likely N-dealkylation sites (tertiary alicyclic amines) is 1. The van der Waals surface area contributed by atoms with Crippen LogP contribution < -0.4 is 5.32 Å². The summed E-state index contributed by atoms with van der Waals surface area (Å²) in [6, 6.07) is -0.874. The van der Waals surface area contributed by atoms with Crippen molar-refractivity contribution in [2.75, 3.05) is 19.6 Å². The van der Waals surface area contributed by atoms with Crippen molar-refractivity contribution in [3.8, 4) is 0 Å². The SMILES string of the molecule is CCC1(C(=O)N2C[C@H](O)C[C@@H]2C(=O)O)CCNCC1. The second-order valence-corrected chi connectivity index (χ2v) is 5.58. The summed E-state index contributed by atoms with van der Waals surface area (Å²) < 4.78 is 0. The van der Waals surface area contributed by atoms with Gasteiger partial charge in [-0.25, -0.2) is 4.79 Å². The van der Waals surface area contributed by atoms with Crippen molar-refractivity contribution in [3.63, 3.8) is 0 Å². The van der Waals surface area contributed by atoms with Crippen LogP contribution >= 0.6 is 0 Å². The lowest BCUT2D eigenvalue weighted by molar-refractivity contribution is -0.154. The molecule has 0 aromatic rings. The molecule has 0 spiro atoms. The molecule has 2 aliphatic heterocycles. The maximum Gasteiger partial charge on any atom is 0.326 e. The predicted octanol–water partition coefficient (Wildman–Crippen LogP) is -0.187. The Hall–Kier alpha value is -1.14. The lowest BCUT2D eigenvalue weighted by atomic mass is 9.75.